The second kappa shape index (κ2) is 11.8. The Morgan fingerprint density at radius 3 is 2.37 bits per heavy atom. The molecular formula is C19H23F2IN4O3S. The fraction of sp³-hybridized carbons (Fsp3) is 0.263. The van der Waals surface area contributed by atoms with Gasteiger partial charge in [-0.25, -0.2) is 17.2 Å². The summed E-state index contributed by atoms with van der Waals surface area (Å²) in [6.07, 6.45) is 1.10. The van der Waals surface area contributed by atoms with Crippen LogP contribution in [0.5, 0.6) is 0 Å². The van der Waals surface area contributed by atoms with Gasteiger partial charge >= 0.3 is 0 Å². The molecule has 0 atom stereocenters. The Kier molecular flexibility index (Phi) is 10.1. The van der Waals surface area contributed by atoms with Crippen LogP contribution in [0.4, 0.5) is 14.5 Å². The first-order chi connectivity index (χ1) is 13.7. The van der Waals surface area contributed by atoms with Crippen LogP contribution in [-0.2, 0) is 26.9 Å². The van der Waals surface area contributed by atoms with Crippen molar-refractivity contribution in [1.29, 1.82) is 0 Å². The number of anilines is 1. The summed E-state index contributed by atoms with van der Waals surface area (Å²) in [5.74, 6) is -1.33. The van der Waals surface area contributed by atoms with Gasteiger partial charge in [0, 0.05) is 25.5 Å². The maximum Gasteiger partial charge on any atom is 0.243 e. The zero-order valence-corrected chi connectivity index (χ0v) is 19.6. The van der Waals surface area contributed by atoms with Gasteiger partial charge in [0.25, 0.3) is 0 Å². The zero-order chi connectivity index (χ0) is 21.4. The molecule has 2 aromatic rings. The van der Waals surface area contributed by atoms with Crippen LogP contribution >= 0.6 is 24.0 Å². The van der Waals surface area contributed by atoms with E-state index in [-0.39, 0.29) is 48.8 Å². The molecule has 1 amide bonds. The van der Waals surface area contributed by atoms with E-state index in [4.69, 9.17) is 0 Å². The number of guanidine groups is 1. The van der Waals surface area contributed by atoms with E-state index in [1.165, 1.54) is 43.4 Å². The van der Waals surface area contributed by atoms with E-state index in [1.807, 2.05) is 0 Å². The monoisotopic (exact) mass is 552 g/mol. The highest BCUT2D eigenvalue weighted by Crippen LogP contribution is 2.14. The van der Waals surface area contributed by atoms with Crippen LogP contribution in [0.1, 0.15) is 11.1 Å². The summed E-state index contributed by atoms with van der Waals surface area (Å²) in [5, 5.41) is 8.22. The number of aliphatic imine (C=N–C) groups is 1. The summed E-state index contributed by atoms with van der Waals surface area (Å²) in [5.41, 5.74) is 1.26. The van der Waals surface area contributed by atoms with E-state index >= 15 is 0 Å². The molecule has 0 heterocycles. The van der Waals surface area contributed by atoms with Crippen molar-refractivity contribution in [2.75, 3.05) is 25.2 Å². The second-order valence-electron chi connectivity index (χ2n) is 6.32. The summed E-state index contributed by atoms with van der Waals surface area (Å²) in [6.45, 7) is -0.0384. The van der Waals surface area contributed by atoms with Crippen LogP contribution in [-0.4, -0.2) is 40.1 Å². The van der Waals surface area contributed by atoms with Crippen LogP contribution in [0.3, 0.4) is 0 Å². The van der Waals surface area contributed by atoms with E-state index in [2.05, 4.69) is 20.9 Å². The molecule has 0 saturated carbocycles. The van der Waals surface area contributed by atoms with Crippen molar-refractivity contribution in [3.63, 3.8) is 0 Å². The predicted molar refractivity (Wildman–Crippen MR) is 124 cm³/mol. The number of sulfone groups is 1. The minimum absolute atomic E-state index is 0. The maximum absolute atomic E-state index is 13.6. The Morgan fingerprint density at radius 2 is 1.73 bits per heavy atom. The highest BCUT2D eigenvalue weighted by Gasteiger charge is 2.11. The number of hydrogen-bond acceptors (Lipinski definition) is 4. The van der Waals surface area contributed by atoms with Crippen molar-refractivity contribution in [2.24, 2.45) is 4.99 Å². The molecule has 0 aliphatic carbocycles. The lowest BCUT2D eigenvalue weighted by Gasteiger charge is -2.14. The molecule has 3 N–H and O–H groups in total. The first-order valence-electron chi connectivity index (χ1n) is 8.61. The van der Waals surface area contributed by atoms with E-state index in [0.717, 1.165) is 6.26 Å². The molecule has 0 unspecified atom stereocenters. The Hall–Kier alpha value is -2.28. The van der Waals surface area contributed by atoms with Gasteiger partial charge in [0.05, 0.1) is 12.3 Å². The van der Waals surface area contributed by atoms with Crippen molar-refractivity contribution in [1.82, 2.24) is 10.6 Å². The van der Waals surface area contributed by atoms with Gasteiger partial charge in [-0.15, -0.1) is 24.0 Å². The molecule has 0 aromatic heterocycles. The lowest BCUT2D eigenvalue weighted by molar-refractivity contribution is -0.115. The third kappa shape index (κ3) is 9.03. The normalized spacial score (nSPS) is 11.4. The van der Waals surface area contributed by atoms with Crippen LogP contribution in [0.25, 0.3) is 0 Å². The molecular weight excluding hydrogens is 529 g/mol. The van der Waals surface area contributed by atoms with Crippen molar-refractivity contribution >= 4 is 51.4 Å². The van der Waals surface area contributed by atoms with E-state index < -0.39 is 27.4 Å². The third-order valence-electron chi connectivity index (χ3n) is 3.78. The number of hydrogen-bond donors (Lipinski definition) is 3. The van der Waals surface area contributed by atoms with Gasteiger partial charge in [-0.05, 0) is 41.5 Å². The fourth-order valence-electron chi connectivity index (χ4n) is 2.52. The Morgan fingerprint density at radius 1 is 1.03 bits per heavy atom. The first kappa shape index (κ1) is 25.8. The van der Waals surface area contributed by atoms with Gasteiger partial charge in [-0.2, -0.15) is 0 Å². The molecule has 0 aliphatic rings. The zero-order valence-electron chi connectivity index (χ0n) is 16.4. The van der Waals surface area contributed by atoms with Gasteiger partial charge in [0.1, 0.15) is 11.6 Å². The summed E-state index contributed by atoms with van der Waals surface area (Å²) >= 11 is 0. The third-order valence-corrected chi connectivity index (χ3v) is 4.62. The van der Waals surface area contributed by atoms with E-state index in [0.29, 0.717) is 16.8 Å². The number of nitrogens with zero attached hydrogens (tertiary/aromatic N) is 1. The second-order valence-corrected chi connectivity index (χ2v) is 8.46. The van der Waals surface area contributed by atoms with Crippen LogP contribution in [0.2, 0.25) is 0 Å². The van der Waals surface area contributed by atoms with E-state index in [9.17, 15) is 22.0 Å². The number of carbonyl (C=O) groups is 1. The number of nitrogens with one attached hydrogen (secondary N) is 3. The average Bonchev–Trinajstić information content (AvgIpc) is 2.63. The molecule has 2 aromatic carbocycles. The van der Waals surface area contributed by atoms with Crippen LogP contribution in [0.15, 0.2) is 47.5 Å². The summed E-state index contributed by atoms with van der Waals surface area (Å²) in [7, 11) is -1.80. The molecule has 0 fully saturated rings. The molecule has 0 radical (unpaired) electrons. The van der Waals surface area contributed by atoms with Gasteiger partial charge in [0.15, 0.2) is 15.8 Å². The maximum atomic E-state index is 13.6. The summed E-state index contributed by atoms with van der Waals surface area (Å²) < 4.78 is 49.8. The molecule has 0 spiro atoms. The number of halogens is 3. The summed E-state index contributed by atoms with van der Waals surface area (Å²) in [4.78, 5) is 15.9. The number of carbonyl (C=O) groups excluding carboxylic acids is 1. The Balaban J connectivity index is 0.00000450. The molecule has 0 aliphatic heterocycles. The molecule has 30 heavy (non-hydrogen) atoms. The quantitative estimate of drug-likeness (QED) is 0.279. The largest absolute Gasteiger partial charge is 0.352 e. The van der Waals surface area contributed by atoms with Crippen LogP contribution in [0, 0.1) is 11.6 Å². The Labute approximate surface area is 191 Å². The van der Waals surface area contributed by atoms with Crippen molar-refractivity contribution in [3.8, 4) is 0 Å². The van der Waals surface area contributed by atoms with Gasteiger partial charge < -0.3 is 16.0 Å². The standard InChI is InChI=1S/C19H22F2N4O3S.HI/c1-22-19(24-11-18(26)25-17-5-3-4-15(20)9-17)23-10-14-8-16(21)7-6-13(14)12-29(2,27)28;/h3-9H,10-12H2,1-2H3,(H,25,26)(H2,22,23,24);1H. The molecule has 0 bridgehead atoms. The molecule has 7 nitrogen and oxygen atoms in total. The van der Waals surface area contributed by atoms with Crippen molar-refractivity contribution < 1.29 is 22.0 Å². The lowest BCUT2D eigenvalue weighted by atomic mass is 10.1. The SMILES string of the molecule is CN=C(NCC(=O)Nc1cccc(F)c1)NCc1cc(F)ccc1CS(C)(=O)=O.I. The number of amides is 1. The number of benzene rings is 2. The fourth-order valence-corrected chi connectivity index (χ4v) is 3.36. The number of rotatable bonds is 7. The lowest BCUT2D eigenvalue weighted by Crippen LogP contribution is -2.41. The predicted octanol–water partition coefficient (Wildman–Crippen LogP) is 2.43. The smallest absolute Gasteiger partial charge is 0.243 e. The van der Waals surface area contributed by atoms with E-state index in [1.54, 1.807) is 6.07 Å². The van der Waals surface area contributed by atoms with Gasteiger partial charge in [0.2, 0.25) is 5.91 Å². The van der Waals surface area contributed by atoms with Gasteiger partial charge in [-0.1, -0.05) is 12.1 Å². The minimum atomic E-state index is -3.29. The Bertz CT molecular complexity index is 1020. The highest BCUT2D eigenvalue weighted by molar-refractivity contribution is 14.0. The molecule has 0 saturated heterocycles. The highest BCUT2D eigenvalue weighted by atomic mass is 127. The van der Waals surface area contributed by atoms with Crippen molar-refractivity contribution in [2.45, 2.75) is 12.3 Å². The molecule has 11 heteroatoms. The van der Waals surface area contributed by atoms with Crippen LogP contribution < -0.4 is 16.0 Å². The molecule has 164 valence electrons. The van der Waals surface area contributed by atoms with Gasteiger partial charge in [-0.3, -0.25) is 9.79 Å². The topological polar surface area (TPSA) is 99.7 Å². The average molecular weight is 552 g/mol. The minimum Gasteiger partial charge on any atom is -0.352 e. The molecule has 2 rings (SSSR count). The summed E-state index contributed by atoms with van der Waals surface area (Å²) in [6, 6.07) is 9.37. The van der Waals surface area contributed by atoms with Crippen molar-refractivity contribution in [3.05, 3.63) is 65.2 Å². The first-order valence-corrected chi connectivity index (χ1v) is 10.7.